The van der Waals surface area contributed by atoms with E-state index in [1.807, 2.05) is 13.8 Å². The van der Waals surface area contributed by atoms with Gasteiger partial charge in [-0.3, -0.25) is 0 Å². The van der Waals surface area contributed by atoms with Crippen molar-refractivity contribution in [2.45, 2.75) is 51.1 Å². The number of benzene rings is 1. The van der Waals surface area contributed by atoms with Crippen LogP contribution in [0.5, 0.6) is 11.5 Å². The minimum Gasteiger partial charge on any atom is -0.504 e. The molecule has 0 saturated carbocycles. The van der Waals surface area contributed by atoms with Crippen molar-refractivity contribution in [3.63, 3.8) is 0 Å². The number of hydrogen-bond donors (Lipinski definition) is 1. The smallest absolute Gasteiger partial charge is 0.167 e. The largest absolute Gasteiger partial charge is 0.504 e. The molecule has 1 saturated heterocycles. The zero-order valence-electron chi connectivity index (χ0n) is 11.4. The van der Waals surface area contributed by atoms with Gasteiger partial charge in [0.2, 0.25) is 0 Å². The van der Waals surface area contributed by atoms with E-state index in [0.29, 0.717) is 11.5 Å². The van der Waals surface area contributed by atoms with Gasteiger partial charge in [0.05, 0.1) is 7.11 Å². The lowest BCUT2D eigenvalue weighted by Gasteiger charge is -2.35. The van der Waals surface area contributed by atoms with Crippen LogP contribution >= 0.6 is 0 Å². The van der Waals surface area contributed by atoms with Gasteiger partial charge >= 0.3 is 0 Å². The Morgan fingerprint density at radius 2 is 1.74 bits per heavy atom. The van der Waals surface area contributed by atoms with Gasteiger partial charge in [-0.25, -0.2) is 0 Å². The molecule has 4 nitrogen and oxygen atoms in total. The summed E-state index contributed by atoms with van der Waals surface area (Å²) in [6.07, 6.45) is 2.93. The zero-order valence-corrected chi connectivity index (χ0v) is 11.4. The first kappa shape index (κ1) is 11.6. The number of phenols is 1. The monoisotopic (exact) mass is 262 g/mol. The summed E-state index contributed by atoms with van der Waals surface area (Å²) in [7, 11) is 1.60. The van der Waals surface area contributed by atoms with E-state index < -0.39 is 5.79 Å². The highest BCUT2D eigenvalue weighted by molar-refractivity contribution is 5.66. The van der Waals surface area contributed by atoms with Crippen molar-refractivity contribution in [1.82, 2.24) is 0 Å². The molecule has 1 N–H and O–H groups in total. The quantitative estimate of drug-likeness (QED) is 0.845. The first-order valence-corrected chi connectivity index (χ1v) is 6.83. The topological polar surface area (TPSA) is 47.9 Å². The fourth-order valence-electron chi connectivity index (χ4n) is 3.75. The minimum absolute atomic E-state index is 0.00588. The number of ether oxygens (including phenoxy) is 3. The van der Waals surface area contributed by atoms with Gasteiger partial charge in [-0.1, -0.05) is 0 Å². The summed E-state index contributed by atoms with van der Waals surface area (Å²) < 4.78 is 17.3. The SMILES string of the molecule is COc1c(O)c2c(c3c1C1OC(C)(C)OC31)CCC2. The molecule has 1 heterocycles. The van der Waals surface area contributed by atoms with Gasteiger partial charge in [-0.05, 0) is 44.2 Å². The Hall–Kier alpha value is -1.26. The van der Waals surface area contributed by atoms with Gasteiger partial charge in [-0.15, -0.1) is 0 Å². The summed E-state index contributed by atoms with van der Waals surface area (Å²) in [5, 5.41) is 10.4. The summed E-state index contributed by atoms with van der Waals surface area (Å²) in [6.45, 7) is 3.86. The average molecular weight is 262 g/mol. The highest BCUT2D eigenvalue weighted by Gasteiger charge is 2.55. The zero-order chi connectivity index (χ0) is 13.4. The predicted octanol–water partition coefficient (Wildman–Crippen LogP) is 2.77. The van der Waals surface area contributed by atoms with Gasteiger partial charge < -0.3 is 19.3 Å². The molecular formula is C15H18O4. The molecular weight excluding hydrogens is 244 g/mol. The van der Waals surface area contributed by atoms with Gasteiger partial charge in [0.15, 0.2) is 17.3 Å². The van der Waals surface area contributed by atoms with E-state index in [-0.39, 0.29) is 12.2 Å². The molecule has 0 bridgehead atoms. The number of methoxy groups -OCH3 is 1. The van der Waals surface area contributed by atoms with Crippen LogP contribution in [-0.2, 0) is 22.3 Å². The number of aromatic hydroxyl groups is 1. The van der Waals surface area contributed by atoms with Crippen molar-refractivity contribution in [1.29, 1.82) is 0 Å². The Labute approximate surface area is 112 Å². The molecule has 1 aliphatic heterocycles. The molecule has 0 radical (unpaired) electrons. The van der Waals surface area contributed by atoms with E-state index in [4.69, 9.17) is 14.2 Å². The number of rotatable bonds is 1. The van der Waals surface area contributed by atoms with Crippen LogP contribution in [0.15, 0.2) is 0 Å². The summed E-state index contributed by atoms with van der Waals surface area (Å²) in [5.74, 6) is 0.319. The Morgan fingerprint density at radius 1 is 1.11 bits per heavy atom. The second-order valence-corrected chi connectivity index (χ2v) is 6.00. The third kappa shape index (κ3) is 1.31. The average Bonchev–Trinajstić information content (AvgIpc) is 2.91. The molecule has 0 spiro atoms. The van der Waals surface area contributed by atoms with Crippen molar-refractivity contribution in [2.75, 3.05) is 7.11 Å². The molecule has 2 aliphatic carbocycles. The predicted molar refractivity (Wildman–Crippen MR) is 68.4 cm³/mol. The second-order valence-electron chi connectivity index (χ2n) is 6.00. The maximum Gasteiger partial charge on any atom is 0.167 e. The summed E-state index contributed by atoms with van der Waals surface area (Å²) in [4.78, 5) is 0. The molecule has 4 rings (SSSR count). The van der Waals surface area contributed by atoms with Gasteiger partial charge in [-0.2, -0.15) is 0 Å². The second kappa shape index (κ2) is 3.44. The molecule has 0 amide bonds. The molecule has 19 heavy (non-hydrogen) atoms. The lowest BCUT2D eigenvalue weighted by molar-refractivity contribution is -0.143. The number of hydrogen-bond acceptors (Lipinski definition) is 4. The van der Waals surface area contributed by atoms with Gasteiger partial charge in [0.25, 0.3) is 0 Å². The molecule has 2 atom stereocenters. The molecule has 2 unspecified atom stereocenters. The summed E-state index contributed by atoms with van der Waals surface area (Å²) in [5.41, 5.74) is 4.51. The van der Waals surface area contributed by atoms with Crippen molar-refractivity contribution in [2.24, 2.45) is 0 Å². The Morgan fingerprint density at radius 3 is 2.42 bits per heavy atom. The van der Waals surface area contributed by atoms with Gasteiger partial charge in [0.1, 0.15) is 12.2 Å². The van der Waals surface area contributed by atoms with E-state index in [0.717, 1.165) is 30.4 Å². The fraction of sp³-hybridized carbons (Fsp3) is 0.600. The number of fused-ring (bicyclic) bond motifs is 6. The van der Waals surface area contributed by atoms with Crippen molar-refractivity contribution in [3.05, 3.63) is 22.3 Å². The van der Waals surface area contributed by atoms with E-state index in [2.05, 4.69) is 0 Å². The Balaban J connectivity index is 1.93. The summed E-state index contributed by atoms with van der Waals surface area (Å²) in [6, 6.07) is 0. The standard InChI is InChI=1S/C15H18O4/c1-15(2)18-13-9-7-5-4-6-8(7)11(16)12(17-3)10(9)14(13)19-15/h13-14,16H,4-6H2,1-3H3. The minimum atomic E-state index is -0.569. The molecule has 3 aliphatic rings. The molecule has 1 aromatic carbocycles. The van der Waals surface area contributed by atoms with E-state index in [1.165, 1.54) is 11.1 Å². The first-order chi connectivity index (χ1) is 9.03. The highest BCUT2D eigenvalue weighted by atomic mass is 16.8. The van der Waals surface area contributed by atoms with E-state index in [9.17, 15) is 5.11 Å². The first-order valence-electron chi connectivity index (χ1n) is 6.83. The van der Waals surface area contributed by atoms with Crippen molar-refractivity contribution < 1.29 is 19.3 Å². The van der Waals surface area contributed by atoms with Crippen LogP contribution in [0.1, 0.15) is 54.7 Å². The lowest BCUT2D eigenvalue weighted by atomic mass is 9.77. The molecule has 1 fully saturated rings. The Bertz CT molecular complexity index is 561. The van der Waals surface area contributed by atoms with Crippen LogP contribution in [0.3, 0.4) is 0 Å². The van der Waals surface area contributed by atoms with Crippen LogP contribution in [0, 0.1) is 0 Å². The van der Waals surface area contributed by atoms with Crippen molar-refractivity contribution in [3.8, 4) is 11.5 Å². The van der Waals surface area contributed by atoms with Crippen LogP contribution in [0.25, 0.3) is 0 Å². The van der Waals surface area contributed by atoms with Crippen molar-refractivity contribution >= 4 is 0 Å². The van der Waals surface area contributed by atoms with Gasteiger partial charge in [0, 0.05) is 11.1 Å². The van der Waals surface area contributed by atoms with E-state index in [1.54, 1.807) is 7.11 Å². The maximum absolute atomic E-state index is 10.4. The van der Waals surface area contributed by atoms with E-state index >= 15 is 0 Å². The molecule has 1 aromatic rings. The van der Waals surface area contributed by atoms with Crippen LogP contribution in [0.2, 0.25) is 0 Å². The fourth-order valence-corrected chi connectivity index (χ4v) is 3.75. The Kier molecular flexibility index (Phi) is 2.09. The van der Waals surface area contributed by atoms with Crippen LogP contribution in [-0.4, -0.2) is 18.0 Å². The molecule has 0 aromatic heterocycles. The molecule has 4 heteroatoms. The molecule has 102 valence electrons. The maximum atomic E-state index is 10.4. The van der Waals surface area contributed by atoms with Crippen LogP contribution < -0.4 is 4.74 Å². The normalized spacial score (nSPS) is 29.4. The third-order valence-electron chi connectivity index (χ3n) is 4.45. The lowest BCUT2D eigenvalue weighted by Crippen LogP contribution is -2.24. The third-order valence-corrected chi connectivity index (χ3v) is 4.45. The number of phenolic OH excluding ortho intramolecular Hbond substituents is 1. The summed E-state index contributed by atoms with van der Waals surface area (Å²) >= 11 is 0. The highest BCUT2D eigenvalue weighted by Crippen LogP contribution is 2.63. The van der Waals surface area contributed by atoms with Crippen LogP contribution in [0.4, 0.5) is 0 Å².